The molecule has 4 nitrogen and oxygen atoms in total. The van der Waals surface area contributed by atoms with Gasteiger partial charge in [0.25, 0.3) is 0 Å². The monoisotopic (exact) mass is 423 g/mol. The van der Waals surface area contributed by atoms with E-state index in [2.05, 4.69) is 41.4 Å². The molecule has 1 aliphatic heterocycles. The zero-order valence-electron chi connectivity index (χ0n) is 17.4. The topological polar surface area (TPSA) is 30.9 Å². The van der Waals surface area contributed by atoms with Crippen molar-refractivity contribution in [2.45, 2.75) is 51.2 Å². The van der Waals surface area contributed by atoms with Gasteiger partial charge in [0.05, 0.1) is 12.2 Å². The van der Waals surface area contributed by atoms with Crippen molar-refractivity contribution in [2.75, 3.05) is 19.7 Å². The van der Waals surface area contributed by atoms with Crippen LogP contribution in [-0.4, -0.2) is 42.7 Å². The minimum atomic E-state index is -4.69. The highest BCUT2D eigenvalue weighted by atomic mass is 19.4. The zero-order valence-corrected chi connectivity index (χ0v) is 17.4. The molecule has 1 aromatic rings. The van der Waals surface area contributed by atoms with Crippen LogP contribution in [0.2, 0.25) is 0 Å². The van der Waals surface area contributed by atoms with Crippen molar-refractivity contribution < 1.29 is 27.4 Å². The van der Waals surface area contributed by atoms with Crippen LogP contribution in [0.1, 0.15) is 33.1 Å². The maximum atomic E-state index is 12.2. The van der Waals surface area contributed by atoms with E-state index in [9.17, 15) is 13.2 Å². The molecule has 0 bridgehead atoms. The molecule has 0 aromatic heterocycles. The van der Waals surface area contributed by atoms with Gasteiger partial charge in [-0.2, -0.15) is 0 Å². The van der Waals surface area contributed by atoms with Crippen LogP contribution < -0.4 is 9.47 Å². The third kappa shape index (κ3) is 6.55. The zero-order chi connectivity index (χ0) is 21.8. The number of hydrogen-bond acceptors (Lipinski definition) is 4. The summed E-state index contributed by atoms with van der Waals surface area (Å²) in [6, 6.07) is 5.54. The molecule has 1 fully saturated rings. The largest absolute Gasteiger partial charge is 0.573 e. The third-order valence-corrected chi connectivity index (χ3v) is 5.14. The van der Waals surface area contributed by atoms with Gasteiger partial charge < -0.3 is 19.1 Å². The maximum absolute atomic E-state index is 12.2. The first kappa shape index (κ1) is 22.3. The van der Waals surface area contributed by atoms with Gasteiger partial charge in [0.2, 0.25) is 0 Å². The standard InChI is InChI=1S/C23H28F3NO3/c1-17(2)16-28-22(3)12-8-18(9-13-22)27-14-10-20(11-15-27)29-19-4-6-21(7-5-19)30-23(24,25)26/h4-9,12,20H,1,10-11,13-16H2,2-3H3. The van der Waals surface area contributed by atoms with Crippen molar-refractivity contribution in [2.24, 2.45) is 0 Å². The van der Waals surface area contributed by atoms with Crippen LogP contribution in [0, 0.1) is 0 Å². The second kappa shape index (κ2) is 9.16. The predicted molar refractivity (Wildman–Crippen MR) is 109 cm³/mol. The first-order valence-electron chi connectivity index (χ1n) is 10.1. The lowest BCUT2D eigenvalue weighted by molar-refractivity contribution is -0.274. The number of alkyl halides is 3. The van der Waals surface area contributed by atoms with E-state index in [1.807, 2.05) is 6.92 Å². The molecule has 1 aromatic carbocycles. The molecule has 1 saturated heterocycles. The first-order chi connectivity index (χ1) is 14.1. The summed E-state index contributed by atoms with van der Waals surface area (Å²) in [5.74, 6) is 0.296. The predicted octanol–water partition coefficient (Wildman–Crippen LogP) is 5.62. The molecule has 0 radical (unpaired) electrons. The smallest absolute Gasteiger partial charge is 0.490 e. The minimum absolute atomic E-state index is 0.0352. The first-order valence-corrected chi connectivity index (χ1v) is 10.1. The Kier molecular flexibility index (Phi) is 6.81. The molecule has 30 heavy (non-hydrogen) atoms. The van der Waals surface area contributed by atoms with Gasteiger partial charge in [-0.25, -0.2) is 0 Å². The highest BCUT2D eigenvalue weighted by Gasteiger charge is 2.31. The second-order valence-electron chi connectivity index (χ2n) is 8.05. The van der Waals surface area contributed by atoms with E-state index in [1.54, 1.807) is 0 Å². The van der Waals surface area contributed by atoms with Crippen molar-refractivity contribution in [1.82, 2.24) is 4.90 Å². The fourth-order valence-electron chi connectivity index (χ4n) is 3.48. The summed E-state index contributed by atoms with van der Waals surface area (Å²) >= 11 is 0. The number of nitrogens with zero attached hydrogens (tertiary/aromatic N) is 1. The lowest BCUT2D eigenvalue weighted by atomic mass is 9.94. The molecule has 0 amide bonds. The van der Waals surface area contributed by atoms with Gasteiger partial charge in [-0.1, -0.05) is 24.3 Å². The molecule has 1 unspecified atom stereocenters. The Labute approximate surface area is 175 Å². The summed E-state index contributed by atoms with van der Waals surface area (Å²) in [4.78, 5) is 2.33. The summed E-state index contributed by atoms with van der Waals surface area (Å²) < 4.78 is 52.5. The highest BCUT2D eigenvalue weighted by Crippen LogP contribution is 2.30. The second-order valence-corrected chi connectivity index (χ2v) is 8.05. The Morgan fingerprint density at radius 1 is 1.17 bits per heavy atom. The number of likely N-dealkylation sites (tertiary alicyclic amines) is 1. The van der Waals surface area contributed by atoms with Crippen molar-refractivity contribution in [1.29, 1.82) is 0 Å². The lowest BCUT2D eigenvalue weighted by Crippen LogP contribution is -2.38. The summed E-state index contributed by atoms with van der Waals surface area (Å²) in [5, 5.41) is 0. The van der Waals surface area contributed by atoms with Gasteiger partial charge in [-0.3, -0.25) is 0 Å². The van der Waals surface area contributed by atoms with Crippen LogP contribution in [-0.2, 0) is 4.74 Å². The number of rotatable bonds is 7. The van der Waals surface area contributed by atoms with Crippen molar-refractivity contribution >= 4 is 0 Å². The lowest BCUT2D eigenvalue weighted by Gasteiger charge is -2.37. The van der Waals surface area contributed by atoms with Gasteiger partial charge in [-0.15, -0.1) is 13.2 Å². The minimum Gasteiger partial charge on any atom is -0.490 e. The number of halogens is 3. The van der Waals surface area contributed by atoms with Crippen LogP contribution >= 0.6 is 0 Å². The molecule has 3 rings (SSSR count). The van der Waals surface area contributed by atoms with Gasteiger partial charge in [-0.05, 0) is 44.2 Å². The van der Waals surface area contributed by atoms with Gasteiger partial charge >= 0.3 is 6.36 Å². The number of benzene rings is 1. The third-order valence-electron chi connectivity index (χ3n) is 5.14. The maximum Gasteiger partial charge on any atom is 0.573 e. The Balaban J connectivity index is 1.46. The SMILES string of the molecule is C=C(C)COC1(C)C=CC(N2CCC(Oc3ccc(OC(F)(F)F)cc3)CC2)=CC1. The summed E-state index contributed by atoms with van der Waals surface area (Å²) in [6.45, 7) is 10.2. The van der Waals surface area contributed by atoms with E-state index in [-0.39, 0.29) is 17.5 Å². The van der Waals surface area contributed by atoms with Gasteiger partial charge in [0.1, 0.15) is 17.6 Å². The van der Waals surface area contributed by atoms with E-state index < -0.39 is 6.36 Å². The molecule has 7 heteroatoms. The molecule has 2 aliphatic rings. The van der Waals surface area contributed by atoms with E-state index >= 15 is 0 Å². The number of ether oxygens (including phenoxy) is 3. The Hall–Kier alpha value is -2.41. The van der Waals surface area contributed by atoms with Crippen molar-refractivity contribution in [3.8, 4) is 11.5 Å². The molecular formula is C23H28F3NO3. The van der Waals surface area contributed by atoms with E-state index in [0.29, 0.717) is 12.4 Å². The molecule has 0 spiro atoms. The van der Waals surface area contributed by atoms with Crippen molar-refractivity contribution in [3.63, 3.8) is 0 Å². The number of allylic oxidation sites excluding steroid dienone is 1. The Morgan fingerprint density at radius 2 is 1.80 bits per heavy atom. The van der Waals surface area contributed by atoms with Crippen LogP contribution in [0.15, 0.2) is 60.3 Å². The quantitative estimate of drug-likeness (QED) is 0.533. The normalized spacial score (nSPS) is 22.6. The Bertz CT molecular complexity index is 793. The average Bonchev–Trinajstić information content (AvgIpc) is 2.68. The van der Waals surface area contributed by atoms with Gasteiger partial charge in [0, 0.05) is 38.0 Å². The molecule has 1 heterocycles. The fourth-order valence-corrected chi connectivity index (χ4v) is 3.48. The van der Waals surface area contributed by atoms with E-state index in [4.69, 9.17) is 9.47 Å². The Morgan fingerprint density at radius 3 is 2.33 bits per heavy atom. The van der Waals surface area contributed by atoms with E-state index in [1.165, 1.54) is 30.0 Å². The van der Waals surface area contributed by atoms with Gasteiger partial charge in [0.15, 0.2) is 0 Å². The molecule has 0 N–H and O–H groups in total. The van der Waals surface area contributed by atoms with Crippen LogP contribution in [0.3, 0.4) is 0 Å². The average molecular weight is 423 g/mol. The summed E-state index contributed by atoms with van der Waals surface area (Å²) in [6.07, 6.45) is 4.28. The fraction of sp³-hybridized carbons (Fsp3) is 0.478. The highest BCUT2D eigenvalue weighted by molar-refractivity contribution is 5.32. The molecule has 0 saturated carbocycles. The molecule has 1 atom stereocenters. The molecule has 1 aliphatic carbocycles. The van der Waals surface area contributed by atoms with Crippen LogP contribution in [0.4, 0.5) is 13.2 Å². The summed E-state index contributed by atoms with van der Waals surface area (Å²) in [5.41, 5.74) is 1.90. The summed E-state index contributed by atoms with van der Waals surface area (Å²) in [7, 11) is 0. The van der Waals surface area contributed by atoms with Crippen molar-refractivity contribution in [3.05, 3.63) is 60.3 Å². The van der Waals surface area contributed by atoms with Crippen LogP contribution in [0.5, 0.6) is 11.5 Å². The number of piperidine rings is 1. The van der Waals surface area contributed by atoms with Crippen LogP contribution in [0.25, 0.3) is 0 Å². The van der Waals surface area contributed by atoms with E-state index in [0.717, 1.165) is 37.9 Å². The number of hydrogen-bond donors (Lipinski definition) is 0. The molecule has 164 valence electrons. The molecular weight excluding hydrogens is 395 g/mol.